The molecule has 0 radical (unpaired) electrons. The number of hydrogen-bond acceptors (Lipinski definition) is 2. The molecule has 0 amide bonds. The largest absolute Gasteiger partial charge is 0.377 e. The summed E-state index contributed by atoms with van der Waals surface area (Å²) in [5.41, 5.74) is 2.33. The summed E-state index contributed by atoms with van der Waals surface area (Å²) in [5.74, 6) is 0. The van der Waals surface area contributed by atoms with Gasteiger partial charge < -0.3 is 9.88 Å². The normalized spacial score (nSPS) is 11.0. The van der Waals surface area contributed by atoms with Crippen LogP contribution in [0.5, 0.6) is 0 Å². The Labute approximate surface area is 95.9 Å². The van der Waals surface area contributed by atoms with E-state index in [-0.39, 0.29) is 0 Å². The van der Waals surface area contributed by atoms with Gasteiger partial charge in [-0.25, -0.2) is 0 Å². The topological polar surface area (TPSA) is 34.8 Å². The van der Waals surface area contributed by atoms with Gasteiger partial charge in [0.05, 0.1) is 18.4 Å². The van der Waals surface area contributed by atoms with Crippen LogP contribution in [0.2, 0.25) is 0 Å². The average molecular weight is 218 g/mol. The summed E-state index contributed by atoms with van der Waals surface area (Å²) in [6.45, 7) is 5.06. The van der Waals surface area contributed by atoms with Gasteiger partial charge in [-0.3, -0.25) is 4.68 Å². The van der Waals surface area contributed by atoms with E-state index in [1.807, 2.05) is 17.1 Å². The minimum Gasteiger partial charge on any atom is -0.377 e. The van der Waals surface area contributed by atoms with Crippen LogP contribution < -0.4 is 5.32 Å². The Morgan fingerprint density at radius 2 is 2.25 bits per heavy atom. The average Bonchev–Trinajstić information content (AvgIpc) is 2.83. The van der Waals surface area contributed by atoms with Gasteiger partial charge in [0.2, 0.25) is 0 Å². The number of hydrogen-bond donors (Lipinski definition) is 1. The Morgan fingerprint density at radius 1 is 1.44 bits per heavy atom. The highest BCUT2D eigenvalue weighted by Crippen LogP contribution is 2.11. The van der Waals surface area contributed by atoms with E-state index in [4.69, 9.17) is 0 Å². The van der Waals surface area contributed by atoms with Crippen LogP contribution in [0, 0.1) is 0 Å². The van der Waals surface area contributed by atoms with Crippen molar-refractivity contribution in [3.8, 4) is 0 Å². The van der Waals surface area contributed by atoms with Gasteiger partial charge in [0.1, 0.15) is 0 Å². The highest BCUT2D eigenvalue weighted by molar-refractivity contribution is 5.38. The van der Waals surface area contributed by atoms with Crippen LogP contribution in [0.25, 0.3) is 0 Å². The molecule has 1 N–H and O–H groups in total. The fraction of sp³-hybridized carbons (Fsp3) is 0.417. The van der Waals surface area contributed by atoms with Crippen molar-refractivity contribution in [3.05, 3.63) is 36.4 Å². The molecule has 2 rings (SSSR count). The molecule has 86 valence electrons. The van der Waals surface area contributed by atoms with Gasteiger partial charge in [-0.15, -0.1) is 0 Å². The predicted octanol–water partition coefficient (Wildman–Crippen LogP) is 2.41. The van der Waals surface area contributed by atoms with Crippen molar-refractivity contribution in [2.75, 3.05) is 5.32 Å². The first-order chi connectivity index (χ1) is 7.66. The van der Waals surface area contributed by atoms with Gasteiger partial charge >= 0.3 is 0 Å². The van der Waals surface area contributed by atoms with Crippen LogP contribution in [0.3, 0.4) is 0 Å². The van der Waals surface area contributed by atoms with E-state index in [2.05, 4.69) is 54.2 Å². The molecule has 0 aromatic carbocycles. The van der Waals surface area contributed by atoms with Gasteiger partial charge in [-0.1, -0.05) is 0 Å². The maximum Gasteiger partial charge on any atom is 0.0729 e. The standard InChI is InChI=1S/C12H18N4/c1-10(2)16-9-11(7-14-16)13-8-12-5-4-6-15(12)3/h4-7,9-10,13H,8H2,1-3H3. The molecule has 0 fully saturated rings. The van der Waals surface area contributed by atoms with Crippen LogP contribution in [-0.4, -0.2) is 14.3 Å². The molecule has 2 aromatic rings. The Balaban J connectivity index is 1.97. The van der Waals surface area contributed by atoms with Crippen LogP contribution in [0.15, 0.2) is 30.7 Å². The molecule has 4 heteroatoms. The fourth-order valence-corrected chi connectivity index (χ4v) is 1.58. The van der Waals surface area contributed by atoms with Crippen molar-refractivity contribution >= 4 is 5.69 Å². The summed E-state index contributed by atoms with van der Waals surface area (Å²) in [6.07, 6.45) is 5.95. The summed E-state index contributed by atoms with van der Waals surface area (Å²) in [6, 6.07) is 4.57. The molecule has 4 nitrogen and oxygen atoms in total. The lowest BCUT2D eigenvalue weighted by Gasteiger charge is -2.05. The molecular weight excluding hydrogens is 200 g/mol. The summed E-state index contributed by atoms with van der Waals surface area (Å²) in [7, 11) is 2.05. The van der Waals surface area contributed by atoms with Crippen molar-refractivity contribution in [1.29, 1.82) is 0 Å². The molecule has 16 heavy (non-hydrogen) atoms. The highest BCUT2D eigenvalue weighted by Gasteiger charge is 2.02. The molecule has 0 saturated carbocycles. The molecule has 0 saturated heterocycles. The molecule has 2 heterocycles. The Bertz CT molecular complexity index is 453. The second kappa shape index (κ2) is 4.43. The van der Waals surface area contributed by atoms with Crippen molar-refractivity contribution in [1.82, 2.24) is 14.3 Å². The van der Waals surface area contributed by atoms with Crippen LogP contribution in [0.4, 0.5) is 5.69 Å². The molecule has 0 aliphatic heterocycles. The molecule has 0 bridgehead atoms. The summed E-state index contributed by atoms with van der Waals surface area (Å²) in [5, 5.41) is 7.64. The third kappa shape index (κ3) is 2.27. The minimum absolute atomic E-state index is 0.408. The molecular formula is C12H18N4. The van der Waals surface area contributed by atoms with Crippen molar-refractivity contribution in [2.45, 2.75) is 26.4 Å². The molecule has 0 spiro atoms. The van der Waals surface area contributed by atoms with E-state index in [9.17, 15) is 0 Å². The lowest BCUT2D eigenvalue weighted by molar-refractivity contribution is 0.532. The number of nitrogens with one attached hydrogen (secondary N) is 1. The van der Waals surface area contributed by atoms with Crippen LogP contribution in [0.1, 0.15) is 25.6 Å². The zero-order valence-corrected chi connectivity index (χ0v) is 10.0. The van der Waals surface area contributed by atoms with E-state index < -0.39 is 0 Å². The number of rotatable bonds is 4. The maximum atomic E-state index is 4.29. The lowest BCUT2D eigenvalue weighted by atomic mass is 10.4. The first-order valence-electron chi connectivity index (χ1n) is 5.55. The Hall–Kier alpha value is -1.71. The molecule has 0 aliphatic carbocycles. The molecule has 0 unspecified atom stereocenters. The van der Waals surface area contributed by atoms with Crippen molar-refractivity contribution < 1.29 is 0 Å². The summed E-state index contributed by atoms with van der Waals surface area (Å²) >= 11 is 0. The van der Waals surface area contributed by atoms with Gasteiger partial charge in [-0.05, 0) is 26.0 Å². The second-order valence-electron chi connectivity index (χ2n) is 4.27. The van der Waals surface area contributed by atoms with E-state index in [0.29, 0.717) is 6.04 Å². The van der Waals surface area contributed by atoms with Gasteiger partial charge in [-0.2, -0.15) is 5.10 Å². The molecule has 0 aliphatic rings. The first-order valence-corrected chi connectivity index (χ1v) is 5.55. The number of nitrogens with zero attached hydrogens (tertiary/aromatic N) is 3. The molecule has 0 atom stereocenters. The third-order valence-corrected chi connectivity index (χ3v) is 2.66. The van der Waals surface area contributed by atoms with E-state index in [1.165, 1.54) is 5.69 Å². The second-order valence-corrected chi connectivity index (χ2v) is 4.27. The third-order valence-electron chi connectivity index (χ3n) is 2.66. The Kier molecular flexibility index (Phi) is 2.99. The predicted molar refractivity (Wildman–Crippen MR) is 65.4 cm³/mol. The molecule has 2 aromatic heterocycles. The quantitative estimate of drug-likeness (QED) is 0.855. The van der Waals surface area contributed by atoms with Gasteiger partial charge in [0, 0.05) is 31.2 Å². The van der Waals surface area contributed by atoms with Crippen molar-refractivity contribution in [3.63, 3.8) is 0 Å². The number of aryl methyl sites for hydroxylation is 1. The summed E-state index contributed by atoms with van der Waals surface area (Å²) < 4.78 is 4.06. The van der Waals surface area contributed by atoms with E-state index in [0.717, 1.165) is 12.2 Å². The zero-order chi connectivity index (χ0) is 11.5. The van der Waals surface area contributed by atoms with E-state index in [1.54, 1.807) is 0 Å². The smallest absolute Gasteiger partial charge is 0.0729 e. The monoisotopic (exact) mass is 218 g/mol. The SMILES string of the molecule is CC(C)n1cc(NCc2cccn2C)cn1. The lowest BCUT2D eigenvalue weighted by Crippen LogP contribution is -2.03. The van der Waals surface area contributed by atoms with E-state index >= 15 is 0 Å². The number of aromatic nitrogens is 3. The highest BCUT2D eigenvalue weighted by atomic mass is 15.3. The Morgan fingerprint density at radius 3 is 2.81 bits per heavy atom. The first kappa shape index (κ1) is 10.8. The van der Waals surface area contributed by atoms with Crippen LogP contribution >= 0.6 is 0 Å². The van der Waals surface area contributed by atoms with Gasteiger partial charge in [0.25, 0.3) is 0 Å². The maximum absolute atomic E-state index is 4.29. The van der Waals surface area contributed by atoms with Crippen molar-refractivity contribution in [2.24, 2.45) is 7.05 Å². The fourth-order valence-electron chi connectivity index (χ4n) is 1.58. The number of anilines is 1. The van der Waals surface area contributed by atoms with Crippen LogP contribution in [-0.2, 0) is 13.6 Å². The van der Waals surface area contributed by atoms with Gasteiger partial charge in [0.15, 0.2) is 0 Å². The zero-order valence-electron chi connectivity index (χ0n) is 10.0. The minimum atomic E-state index is 0.408. The summed E-state index contributed by atoms with van der Waals surface area (Å²) in [4.78, 5) is 0.